The largest absolute Gasteiger partial charge is 0.193 e. The van der Waals surface area contributed by atoms with E-state index in [9.17, 15) is 0 Å². The van der Waals surface area contributed by atoms with Gasteiger partial charge in [0.1, 0.15) is 0 Å². The lowest BCUT2D eigenvalue weighted by atomic mass is 9.74. The van der Waals surface area contributed by atoms with Gasteiger partial charge in [0.15, 0.2) is 0 Å². The molecule has 3 rings (SSSR count). The van der Waals surface area contributed by atoms with E-state index in [1.807, 2.05) is 18.2 Å². The van der Waals surface area contributed by atoms with Crippen LogP contribution in [0.5, 0.6) is 0 Å². The van der Waals surface area contributed by atoms with Crippen LogP contribution in [-0.4, -0.2) is 0 Å². The molecule has 1 aromatic rings. The van der Waals surface area contributed by atoms with Gasteiger partial charge in [-0.2, -0.15) is 10.5 Å². The molecule has 2 saturated carbocycles. The van der Waals surface area contributed by atoms with Gasteiger partial charge in [0, 0.05) is 6.08 Å². The SMILES string of the molecule is N#C/C=C/CCC1CCC(CCC2CCC(c3ccc(C#N)cc3)CC2)CC1. The average Bonchev–Trinajstić information content (AvgIpc) is 2.76. The summed E-state index contributed by atoms with van der Waals surface area (Å²) in [7, 11) is 0. The van der Waals surface area contributed by atoms with Crippen molar-refractivity contribution in [1.82, 2.24) is 0 Å². The van der Waals surface area contributed by atoms with Crippen molar-refractivity contribution in [3.8, 4) is 12.1 Å². The van der Waals surface area contributed by atoms with Crippen LogP contribution in [0.2, 0.25) is 0 Å². The smallest absolute Gasteiger partial charge is 0.0991 e. The van der Waals surface area contributed by atoms with Crippen molar-refractivity contribution in [2.75, 3.05) is 0 Å². The van der Waals surface area contributed by atoms with Gasteiger partial charge in [0.25, 0.3) is 0 Å². The second-order valence-electron chi connectivity index (χ2n) is 9.02. The van der Waals surface area contributed by atoms with Crippen LogP contribution in [0.15, 0.2) is 36.4 Å². The minimum atomic E-state index is 0.703. The maximum atomic E-state index is 8.95. The van der Waals surface area contributed by atoms with Crippen molar-refractivity contribution in [2.24, 2.45) is 17.8 Å². The van der Waals surface area contributed by atoms with E-state index in [4.69, 9.17) is 10.5 Å². The summed E-state index contributed by atoms with van der Waals surface area (Å²) >= 11 is 0. The van der Waals surface area contributed by atoms with Crippen molar-refractivity contribution in [1.29, 1.82) is 10.5 Å². The molecule has 0 radical (unpaired) electrons. The summed E-state index contributed by atoms with van der Waals surface area (Å²) in [4.78, 5) is 0. The summed E-state index contributed by atoms with van der Waals surface area (Å²) < 4.78 is 0. The van der Waals surface area contributed by atoms with E-state index in [0.717, 1.165) is 29.7 Å². The molecule has 0 N–H and O–H groups in total. The molecule has 2 fully saturated rings. The number of benzene rings is 1. The summed E-state index contributed by atoms with van der Waals surface area (Å²) in [6.45, 7) is 0. The average molecular weight is 375 g/mol. The van der Waals surface area contributed by atoms with E-state index < -0.39 is 0 Å². The van der Waals surface area contributed by atoms with E-state index >= 15 is 0 Å². The highest BCUT2D eigenvalue weighted by Gasteiger charge is 2.25. The minimum absolute atomic E-state index is 0.703. The molecule has 2 aliphatic rings. The summed E-state index contributed by atoms with van der Waals surface area (Å²) in [5, 5.41) is 17.5. The van der Waals surface area contributed by atoms with Crippen LogP contribution in [0.4, 0.5) is 0 Å². The van der Waals surface area contributed by atoms with Crippen molar-refractivity contribution < 1.29 is 0 Å². The van der Waals surface area contributed by atoms with Crippen LogP contribution in [0, 0.1) is 40.4 Å². The predicted octanol–water partition coefficient (Wildman–Crippen LogP) is 7.28. The zero-order valence-corrected chi connectivity index (χ0v) is 17.2. The fourth-order valence-corrected chi connectivity index (χ4v) is 5.36. The zero-order chi connectivity index (χ0) is 19.6. The maximum Gasteiger partial charge on any atom is 0.0991 e. The highest BCUT2D eigenvalue weighted by molar-refractivity contribution is 5.33. The van der Waals surface area contributed by atoms with Crippen molar-refractivity contribution in [2.45, 2.75) is 83.0 Å². The first-order valence-electron chi connectivity index (χ1n) is 11.3. The van der Waals surface area contributed by atoms with Crippen molar-refractivity contribution in [3.05, 3.63) is 47.5 Å². The molecule has 148 valence electrons. The first-order chi connectivity index (χ1) is 13.8. The molecule has 2 nitrogen and oxygen atoms in total. The molecule has 1 aromatic carbocycles. The van der Waals surface area contributed by atoms with E-state index in [1.165, 1.54) is 76.2 Å². The van der Waals surface area contributed by atoms with Crippen LogP contribution in [-0.2, 0) is 0 Å². The van der Waals surface area contributed by atoms with E-state index in [-0.39, 0.29) is 0 Å². The molecule has 2 aliphatic carbocycles. The molecular formula is C26H34N2. The normalized spacial score (nSPS) is 27.9. The third-order valence-corrected chi connectivity index (χ3v) is 7.24. The lowest BCUT2D eigenvalue weighted by molar-refractivity contribution is 0.225. The Kier molecular flexibility index (Phi) is 8.17. The first kappa shape index (κ1) is 20.7. The van der Waals surface area contributed by atoms with Crippen LogP contribution < -0.4 is 0 Å². The van der Waals surface area contributed by atoms with Gasteiger partial charge in [-0.15, -0.1) is 0 Å². The Balaban J connectivity index is 1.31. The molecule has 0 amide bonds. The van der Waals surface area contributed by atoms with Crippen molar-refractivity contribution >= 4 is 0 Å². The molecule has 0 heterocycles. The van der Waals surface area contributed by atoms with Gasteiger partial charge < -0.3 is 0 Å². The minimum Gasteiger partial charge on any atom is -0.193 e. The molecule has 0 unspecified atom stereocenters. The Morgan fingerprint density at radius 3 is 1.82 bits per heavy atom. The van der Waals surface area contributed by atoms with Crippen LogP contribution in [0.1, 0.15) is 94.1 Å². The molecule has 0 atom stereocenters. The molecule has 28 heavy (non-hydrogen) atoms. The number of hydrogen-bond acceptors (Lipinski definition) is 2. The number of allylic oxidation sites excluding steroid dienone is 2. The van der Waals surface area contributed by atoms with Crippen LogP contribution in [0.25, 0.3) is 0 Å². The second kappa shape index (κ2) is 11.1. The Bertz CT molecular complexity index is 687. The Labute approximate surface area is 171 Å². The van der Waals surface area contributed by atoms with Gasteiger partial charge in [0.2, 0.25) is 0 Å². The predicted molar refractivity (Wildman–Crippen MR) is 115 cm³/mol. The van der Waals surface area contributed by atoms with Crippen molar-refractivity contribution in [3.63, 3.8) is 0 Å². The van der Waals surface area contributed by atoms with Gasteiger partial charge in [-0.3, -0.25) is 0 Å². The number of hydrogen-bond donors (Lipinski definition) is 0. The number of nitrogens with zero attached hydrogens (tertiary/aromatic N) is 2. The van der Waals surface area contributed by atoms with Gasteiger partial charge >= 0.3 is 0 Å². The third-order valence-electron chi connectivity index (χ3n) is 7.24. The van der Waals surface area contributed by atoms with E-state index in [2.05, 4.69) is 24.3 Å². The molecule has 0 saturated heterocycles. The van der Waals surface area contributed by atoms with Gasteiger partial charge in [-0.25, -0.2) is 0 Å². The van der Waals surface area contributed by atoms with Gasteiger partial charge in [-0.1, -0.05) is 56.7 Å². The molecule has 0 aromatic heterocycles. The van der Waals surface area contributed by atoms with E-state index in [0.29, 0.717) is 5.92 Å². The topological polar surface area (TPSA) is 47.6 Å². The highest BCUT2D eigenvalue weighted by Crippen LogP contribution is 2.40. The summed E-state index contributed by atoms with van der Waals surface area (Å²) in [5.74, 6) is 3.49. The Morgan fingerprint density at radius 2 is 1.29 bits per heavy atom. The van der Waals surface area contributed by atoms with E-state index in [1.54, 1.807) is 6.08 Å². The number of rotatable bonds is 7. The fraction of sp³-hybridized carbons (Fsp3) is 0.615. The molecule has 0 spiro atoms. The molecule has 0 bridgehead atoms. The summed E-state index contributed by atoms with van der Waals surface area (Å²) in [5.41, 5.74) is 2.20. The Hall–Kier alpha value is -2.06. The standard InChI is InChI=1S/C26H34N2/c27-19-3-1-2-4-21-5-7-22(8-6-21)9-10-23-11-15-25(16-12-23)26-17-13-24(20-28)14-18-26/h1,3,13-14,17-18,21-23,25H,2,4-12,15-16H2/b3-1+. The fourth-order valence-electron chi connectivity index (χ4n) is 5.36. The van der Waals surface area contributed by atoms with Gasteiger partial charge in [0.05, 0.1) is 17.7 Å². The summed E-state index contributed by atoms with van der Waals surface area (Å²) in [6.07, 6.45) is 19.9. The maximum absolute atomic E-state index is 8.95. The zero-order valence-electron chi connectivity index (χ0n) is 17.2. The quantitative estimate of drug-likeness (QED) is 0.471. The molecular weight excluding hydrogens is 340 g/mol. The lowest BCUT2D eigenvalue weighted by Gasteiger charge is -2.32. The number of nitriles is 2. The lowest BCUT2D eigenvalue weighted by Crippen LogP contribution is -2.17. The second-order valence-corrected chi connectivity index (χ2v) is 9.02. The third kappa shape index (κ3) is 6.24. The van der Waals surface area contributed by atoms with Crippen LogP contribution >= 0.6 is 0 Å². The van der Waals surface area contributed by atoms with Crippen LogP contribution in [0.3, 0.4) is 0 Å². The monoisotopic (exact) mass is 374 g/mol. The summed E-state index contributed by atoms with van der Waals surface area (Å²) in [6, 6.07) is 12.6. The Morgan fingerprint density at radius 1 is 0.750 bits per heavy atom. The molecule has 2 heteroatoms. The first-order valence-corrected chi connectivity index (χ1v) is 11.3. The molecule has 0 aliphatic heterocycles. The van der Waals surface area contributed by atoms with Gasteiger partial charge in [-0.05, 0) is 79.9 Å². The highest BCUT2D eigenvalue weighted by atomic mass is 14.3.